The second-order valence-electron chi connectivity index (χ2n) is 5.05. The first-order chi connectivity index (χ1) is 10.9. The molecule has 0 unspecified atom stereocenters. The fourth-order valence-corrected chi connectivity index (χ4v) is 2.36. The van der Waals surface area contributed by atoms with Gasteiger partial charge in [-0.25, -0.2) is 4.98 Å². The molecule has 1 aliphatic rings. The zero-order valence-corrected chi connectivity index (χ0v) is 12.1. The summed E-state index contributed by atoms with van der Waals surface area (Å²) < 4.78 is 48.4. The van der Waals surface area contributed by atoms with Gasteiger partial charge in [0.05, 0.1) is 25.0 Å². The van der Waals surface area contributed by atoms with E-state index >= 15 is 0 Å². The first kappa shape index (κ1) is 15.5. The summed E-state index contributed by atoms with van der Waals surface area (Å²) in [5.74, 6) is -1.10. The van der Waals surface area contributed by atoms with Crippen LogP contribution in [0.3, 0.4) is 0 Å². The van der Waals surface area contributed by atoms with Crippen LogP contribution < -0.4 is 0 Å². The molecular weight excluding hydrogens is 317 g/mol. The van der Waals surface area contributed by atoms with Crippen LogP contribution in [0.4, 0.5) is 13.2 Å². The maximum absolute atomic E-state index is 12.8. The van der Waals surface area contributed by atoms with Gasteiger partial charge in [-0.1, -0.05) is 0 Å². The topological polar surface area (TPSA) is 84.2 Å². The summed E-state index contributed by atoms with van der Waals surface area (Å²) in [5, 5.41) is 6.61. The van der Waals surface area contributed by atoms with Gasteiger partial charge in [0.25, 0.3) is 5.91 Å². The second-order valence-corrected chi connectivity index (χ2v) is 5.05. The number of amides is 1. The van der Waals surface area contributed by atoms with Crippen molar-refractivity contribution < 1.29 is 27.1 Å². The number of nitrogens with zero attached hydrogens (tertiary/aromatic N) is 3. The van der Waals surface area contributed by atoms with E-state index in [1.165, 1.54) is 4.90 Å². The molecular formula is C13H13F3N4O3. The summed E-state index contributed by atoms with van der Waals surface area (Å²) in [4.78, 5) is 17.8. The lowest BCUT2D eigenvalue weighted by molar-refractivity contribution is -0.153. The number of aryl methyl sites for hydroxylation is 1. The minimum absolute atomic E-state index is 0.0681. The molecule has 3 rings (SSSR count). The molecule has 7 nitrogen and oxygen atoms in total. The van der Waals surface area contributed by atoms with Gasteiger partial charge in [-0.15, -0.1) is 0 Å². The molecule has 1 amide bonds. The van der Waals surface area contributed by atoms with Crippen molar-refractivity contribution in [2.45, 2.75) is 19.2 Å². The molecule has 0 radical (unpaired) electrons. The molecule has 3 heterocycles. The molecule has 124 valence electrons. The average Bonchev–Trinajstić information content (AvgIpc) is 3.15. The summed E-state index contributed by atoms with van der Waals surface area (Å²) in [6, 6.07) is 1.02. The maximum Gasteiger partial charge on any atom is 0.450 e. The standard InChI is InChI=1S/C13H13F3N4O3/c1-7-17-11(19-18-7)9-6-20(3-5-22-9)12(21)8-2-4-23-10(8)13(14,15)16/h2,4,9H,3,5-6H2,1H3,(H,17,18,19)/t9-/m0/s1. The molecule has 0 aromatic carbocycles. The third-order valence-corrected chi connectivity index (χ3v) is 3.41. The van der Waals surface area contributed by atoms with Gasteiger partial charge in [0.2, 0.25) is 5.76 Å². The Bertz CT molecular complexity index is 709. The Labute approximate surface area is 128 Å². The highest BCUT2D eigenvalue weighted by Gasteiger charge is 2.41. The Morgan fingerprint density at radius 3 is 2.91 bits per heavy atom. The molecule has 2 aromatic heterocycles. The molecule has 10 heteroatoms. The van der Waals surface area contributed by atoms with Gasteiger partial charge in [0, 0.05) is 6.54 Å². The van der Waals surface area contributed by atoms with Crippen molar-refractivity contribution in [2.75, 3.05) is 19.7 Å². The first-order valence-corrected chi connectivity index (χ1v) is 6.80. The van der Waals surface area contributed by atoms with Crippen LogP contribution in [0.1, 0.15) is 33.9 Å². The van der Waals surface area contributed by atoms with Crippen LogP contribution in [0.2, 0.25) is 0 Å². The number of H-pyrrole nitrogens is 1. The lowest BCUT2D eigenvalue weighted by Crippen LogP contribution is -2.43. The van der Waals surface area contributed by atoms with Gasteiger partial charge in [-0.2, -0.15) is 18.3 Å². The number of hydrogen-bond donors (Lipinski definition) is 1. The smallest absolute Gasteiger partial charge is 0.450 e. The number of halogens is 3. The largest absolute Gasteiger partial charge is 0.459 e. The van der Waals surface area contributed by atoms with Crippen molar-refractivity contribution >= 4 is 5.91 Å². The zero-order chi connectivity index (χ0) is 16.6. The third-order valence-electron chi connectivity index (χ3n) is 3.41. The molecule has 1 atom stereocenters. The molecule has 1 saturated heterocycles. The van der Waals surface area contributed by atoms with Gasteiger partial charge in [-0.05, 0) is 13.0 Å². The average molecular weight is 330 g/mol. The molecule has 2 aromatic rings. The van der Waals surface area contributed by atoms with Crippen LogP contribution in [-0.4, -0.2) is 45.7 Å². The van der Waals surface area contributed by atoms with E-state index < -0.39 is 29.5 Å². The third kappa shape index (κ3) is 3.07. The van der Waals surface area contributed by atoms with Crippen LogP contribution in [-0.2, 0) is 10.9 Å². The van der Waals surface area contributed by atoms with E-state index in [1.807, 2.05) is 0 Å². The van der Waals surface area contributed by atoms with Crippen molar-refractivity contribution in [1.29, 1.82) is 0 Å². The summed E-state index contributed by atoms with van der Waals surface area (Å²) in [7, 11) is 0. The summed E-state index contributed by atoms with van der Waals surface area (Å²) in [6.07, 6.45) is -4.45. The highest BCUT2D eigenvalue weighted by atomic mass is 19.4. The normalized spacial score (nSPS) is 19.1. The van der Waals surface area contributed by atoms with Crippen molar-refractivity contribution in [3.05, 3.63) is 35.3 Å². The molecule has 1 fully saturated rings. The van der Waals surface area contributed by atoms with Gasteiger partial charge >= 0.3 is 6.18 Å². The fourth-order valence-electron chi connectivity index (χ4n) is 2.36. The lowest BCUT2D eigenvalue weighted by atomic mass is 10.1. The van der Waals surface area contributed by atoms with E-state index in [0.717, 1.165) is 12.3 Å². The van der Waals surface area contributed by atoms with E-state index in [9.17, 15) is 18.0 Å². The predicted molar refractivity (Wildman–Crippen MR) is 69.4 cm³/mol. The first-order valence-electron chi connectivity index (χ1n) is 6.80. The van der Waals surface area contributed by atoms with Crippen LogP contribution >= 0.6 is 0 Å². The second kappa shape index (κ2) is 5.69. The minimum Gasteiger partial charge on any atom is -0.459 e. The van der Waals surface area contributed by atoms with Crippen LogP contribution in [0.25, 0.3) is 0 Å². The molecule has 0 saturated carbocycles. The van der Waals surface area contributed by atoms with E-state index in [0.29, 0.717) is 11.6 Å². The Morgan fingerprint density at radius 1 is 1.48 bits per heavy atom. The number of carbonyl (C=O) groups excluding carboxylic acids is 1. The van der Waals surface area contributed by atoms with Crippen molar-refractivity contribution in [3.8, 4) is 0 Å². The Hall–Kier alpha value is -2.36. The van der Waals surface area contributed by atoms with E-state index in [-0.39, 0.29) is 19.7 Å². The highest BCUT2D eigenvalue weighted by molar-refractivity contribution is 5.95. The molecule has 23 heavy (non-hydrogen) atoms. The van der Waals surface area contributed by atoms with Crippen LogP contribution in [0, 0.1) is 6.92 Å². The lowest BCUT2D eigenvalue weighted by Gasteiger charge is -2.31. The summed E-state index contributed by atoms with van der Waals surface area (Å²) >= 11 is 0. The number of aromatic amines is 1. The number of nitrogens with one attached hydrogen (secondary N) is 1. The van der Waals surface area contributed by atoms with Gasteiger partial charge in [0.15, 0.2) is 5.82 Å². The van der Waals surface area contributed by atoms with Gasteiger partial charge in [0.1, 0.15) is 11.9 Å². The number of morpholine rings is 1. The number of carbonyl (C=O) groups is 1. The molecule has 0 aliphatic carbocycles. The number of hydrogen-bond acceptors (Lipinski definition) is 5. The Morgan fingerprint density at radius 2 is 2.26 bits per heavy atom. The van der Waals surface area contributed by atoms with Crippen LogP contribution in [0.5, 0.6) is 0 Å². The van der Waals surface area contributed by atoms with Crippen molar-refractivity contribution in [3.63, 3.8) is 0 Å². The quantitative estimate of drug-likeness (QED) is 0.910. The Balaban J connectivity index is 1.79. The number of furan rings is 1. The highest BCUT2D eigenvalue weighted by Crippen LogP contribution is 2.33. The molecule has 1 N–H and O–H groups in total. The van der Waals surface area contributed by atoms with Crippen molar-refractivity contribution in [1.82, 2.24) is 20.1 Å². The SMILES string of the molecule is Cc1nc([C@@H]2CN(C(=O)c3ccoc3C(F)(F)F)CCO2)n[nH]1. The number of aromatic nitrogens is 3. The van der Waals surface area contributed by atoms with E-state index in [2.05, 4.69) is 19.6 Å². The fraction of sp³-hybridized carbons (Fsp3) is 0.462. The number of rotatable bonds is 2. The molecule has 0 spiro atoms. The number of ether oxygens (including phenoxy) is 1. The molecule has 1 aliphatic heterocycles. The maximum atomic E-state index is 12.8. The summed E-state index contributed by atoms with van der Waals surface area (Å²) in [5.41, 5.74) is -0.510. The zero-order valence-electron chi connectivity index (χ0n) is 12.1. The van der Waals surface area contributed by atoms with Gasteiger partial charge in [-0.3, -0.25) is 9.89 Å². The van der Waals surface area contributed by atoms with Gasteiger partial charge < -0.3 is 14.1 Å². The monoisotopic (exact) mass is 330 g/mol. The molecule has 0 bridgehead atoms. The van der Waals surface area contributed by atoms with Crippen molar-refractivity contribution in [2.24, 2.45) is 0 Å². The Kier molecular flexibility index (Phi) is 3.84. The predicted octanol–water partition coefficient (Wildman–Crippen LogP) is 1.94. The van der Waals surface area contributed by atoms with E-state index in [4.69, 9.17) is 4.74 Å². The van der Waals surface area contributed by atoms with E-state index in [1.54, 1.807) is 6.92 Å². The van der Waals surface area contributed by atoms with Crippen LogP contribution in [0.15, 0.2) is 16.7 Å². The summed E-state index contributed by atoms with van der Waals surface area (Å²) in [6.45, 7) is 2.15. The number of alkyl halides is 3. The minimum atomic E-state index is -4.72.